The van der Waals surface area contributed by atoms with Crippen molar-refractivity contribution in [2.75, 3.05) is 0 Å². The van der Waals surface area contributed by atoms with Crippen molar-refractivity contribution < 1.29 is 4.74 Å². The maximum absolute atomic E-state index is 5.50. The highest BCUT2D eigenvalue weighted by molar-refractivity contribution is 4.95. The Morgan fingerprint density at radius 2 is 2.07 bits per heavy atom. The van der Waals surface area contributed by atoms with Crippen molar-refractivity contribution >= 4 is 0 Å². The quantitative estimate of drug-likeness (QED) is 0.688. The Kier molecular flexibility index (Phi) is 4.63. The average molecular weight is 197 g/mol. The van der Waals surface area contributed by atoms with E-state index in [1.807, 2.05) is 0 Å². The molecule has 1 aliphatic rings. The minimum atomic E-state index is -0.0146. The first-order chi connectivity index (χ1) is 6.59. The Hall–Kier alpha value is -0.340. The topological polar surface area (TPSA) is 35.2 Å². The third kappa shape index (κ3) is 3.81. The SMILES string of the molecule is CC(C)C(C)CCC=CC1CC(N)O1. The van der Waals surface area contributed by atoms with Gasteiger partial charge in [-0.3, -0.25) is 0 Å². The zero-order valence-electron chi connectivity index (χ0n) is 9.57. The number of nitrogens with two attached hydrogens (primary N) is 1. The lowest BCUT2D eigenvalue weighted by Crippen LogP contribution is -2.42. The molecule has 1 fully saturated rings. The fourth-order valence-electron chi connectivity index (χ4n) is 1.51. The van der Waals surface area contributed by atoms with E-state index in [0.717, 1.165) is 24.7 Å². The molecule has 0 radical (unpaired) electrons. The van der Waals surface area contributed by atoms with Crippen molar-refractivity contribution in [2.45, 2.75) is 52.4 Å². The van der Waals surface area contributed by atoms with Crippen LogP contribution in [-0.4, -0.2) is 12.3 Å². The summed E-state index contributed by atoms with van der Waals surface area (Å²) >= 11 is 0. The van der Waals surface area contributed by atoms with Gasteiger partial charge in [-0.15, -0.1) is 0 Å². The lowest BCUT2D eigenvalue weighted by Gasteiger charge is -2.30. The van der Waals surface area contributed by atoms with Crippen molar-refractivity contribution in [3.63, 3.8) is 0 Å². The lowest BCUT2D eigenvalue weighted by atomic mass is 9.93. The maximum Gasteiger partial charge on any atom is 0.109 e. The zero-order chi connectivity index (χ0) is 10.6. The van der Waals surface area contributed by atoms with E-state index in [4.69, 9.17) is 10.5 Å². The summed E-state index contributed by atoms with van der Waals surface area (Å²) in [4.78, 5) is 0. The minimum Gasteiger partial charge on any atom is -0.356 e. The second kappa shape index (κ2) is 5.52. The molecule has 2 nitrogen and oxygen atoms in total. The van der Waals surface area contributed by atoms with Gasteiger partial charge < -0.3 is 10.5 Å². The Balaban J connectivity index is 2.03. The van der Waals surface area contributed by atoms with Gasteiger partial charge in [0.1, 0.15) is 6.23 Å². The molecule has 0 aromatic heterocycles. The van der Waals surface area contributed by atoms with Crippen LogP contribution in [0, 0.1) is 11.8 Å². The van der Waals surface area contributed by atoms with Gasteiger partial charge in [-0.2, -0.15) is 0 Å². The largest absolute Gasteiger partial charge is 0.356 e. The highest BCUT2D eigenvalue weighted by Crippen LogP contribution is 2.19. The summed E-state index contributed by atoms with van der Waals surface area (Å²) in [6.45, 7) is 6.87. The molecule has 2 N–H and O–H groups in total. The number of ether oxygens (including phenoxy) is 1. The first kappa shape index (κ1) is 11.7. The van der Waals surface area contributed by atoms with Crippen LogP contribution < -0.4 is 5.73 Å². The van der Waals surface area contributed by atoms with Crippen LogP contribution in [0.4, 0.5) is 0 Å². The van der Waals surface area contributed by atoms with Crippen molar-refractivity contribution in [3.8, 4) is 0 Å². The van der Waals surface area contributed by atoms with Crippen LogP contribution in [0.2, 0.25) is 0 Å². The van der Waals surface area contributed by atoms with Gasteiger partial charge in [0.2, 0.25) is 0 Å². The fourth-order valence-corrected chi connectivity index (χ4v) is 1.51. The van der Waals surface area contributed by atoms with Crippen molar-refractivity contribution in [3.05, 3.63) is 12.2 Å². The van der Waals surface area contributed by atoms with Gasteiger partial charge in [-0.25, -0.2) is 0 Å². The van der Waals surface area contributed by atoms with E-state index in [1.165, 1.54) is 6.42 Å². The number of hydrogen-bond acceptors (Lipinski definition) is 2. The van der Waals surface area contributed by atoms with Crippen LogP contribution in [-0.2, 0) is 4.74 Å². The summed E-state index contributed by atoms with van der Waals surface area (Å²) in [5.74, 6) is 1.60. The molecule has 2 heteroatoms. The normalized spacial score (nSPS) is 29.5. The molecule has 1 rings (SSSR count). The predicted molar refractivity (Wildman–Crippen MR) is 59.8 cm³/mol. The molecular weight excluding hydrogens is 174 g/mol. The van der Waals surface area contributed by atoms with E-state index >= 15 is 0 Å². The van der Waals surface area contributed by atoms with E-state index < -0.39 is 0 Å². The molecular formula is C12H23NO. The molecule has 1 heterocycles. The van der Waals surface area contributed by atoms with Crippen LogP contribution in [0.15, 0.2) is 12.2 Å². The van der Waals surface area contributed by atoms with E-state index in [0.29, 0.717) is 6.10 Å². The molecule has 0 amide bonds. The predicted octanol–water partition coefficient (Wildman–Crippen LogP) is 2.69. The second-order valence-corrected chi connectivity index (χ2v) is 4.68. The molecule has 82 valence electrons. The minimum absolute atomic E-state index is 0.0146. The van der Waals surface area contributed by atoms with Gasteiger partial charge in [0, 0.05) is 6.42 Å². The Bertz CT molecular complexity index is 183. The van der Waals surface area contributed by atoms with E-state index in [1.54, 1.807) is 0 Å². The molecule has 0 spiro atoms. The van der Waals surface area contributed by atoms with Gasteiger partial charge in [-0.05, 0) is 24.7 Å². The van der Waals surface area contributed by atoms with E-state index in [9.17, 15) is 0 Å². The first-order valence-electron chi connectivity index (χ1n) is 5.67. The lowest BCUT2D eigenvalue weighted by molar-refractivity contribution is -0.0930. The molecule has 3 unspecified atom stereocenters. The Morgan fingerprint density at radius 1 is 1.43 bits per heavy atom. The summed E-state index contributed by atoms with van der Waals surface area (Å²) < 4.78 is 5.28. The second-order valence-electron chi connectivity index (χ2n) is 4.68. The summed E-state index contributed by atoms with van der Waals surface area (Å²) in [6.07, 6.45) is 8.07. The highest BCUT2D eigenvalue weighted by Gasteiger charge is 2.23. The zero-order valence-corrected chi connectivity index (χ0v) is 9.57. The Morgan fingerprint density at radius 3 is 2.57 bits per heavy atom. The summed E-state index contributed by atoms with van der Waals surface area (Å²) in [7, 11) is 0. The Labute approximate surface area is 87.5 Å². The molecule has 3 atom stereocenters. The average Bonchev–Trinajstić information content (AvgIpc) is 2.08. The van der Waals surface area contributed by atoms with E-state index in [-0.39, 0.29) is 6.23 Å². The smallest absolute Gasteiger partial charge is 0.109 e. The van der Waals surface area contributed by atoms with Gasteiger partial charge in [-0.1, -0.05) is 32.9 Å². The first-order valence-corrected chi connectivity index (χ1v) is 5.67. The van der Waals surface area contributed by atoms with Crippen LogP contribution in [0.25, 0.3) is 0 Å². The van der Waals surface area contributed by atoms with Crippen LogP contribution in [0.1, 0.15) is 40.0 Å². The maximum atomic E-state index is 5.50. The molecule has 0 bridgehead atoms. The fraction of sp³-hybridized carbons (Fsp3) is 0.833. The number of allylic oxidation sites excluding steroid dienone is 1. The van der Waals surface area contributed by atoms with Crippen molar-refractivity contribution in [1.29, 1.82) is 0 Å². The highest BCUT2D eigenvalue weighted by atomic mass is 16.5. The van der Waals surface area contributed by atoms with Gasteiger partial charge in [0.05, 0.1) is 6.10 Å². The van der Waals surface area contributed by atoms with Crippen molar-refractivity contribution in [1.82, 2.24) is 0 Å². The van der Waals surface area contributed by atoms with Crippen LogP contribution in [0.3, 0.4) is 0 Å². The third-order valence-electron chi connectivity index (χ3n) is 3.09. The van der Waals surface area contributed by atoms with Gasteiger partial charge >= 0.3 is 0 Å². The third-order valence-corrected chi connectivity index (χ3v) is 3.09. The molecule has 0 aliphatic carbocycles. The molecule has 1 saturated heterocycles. The standard InChI is InChI=1S/C12H23NO/c1-9(2)10(3)6-4-5-7-11-8-12(13)14-11/h5,7,9-12H,4,6,8,13H2,1-3H3. The molecule has 0 saturated carbocycles. The van der Waals surface area contributed by atoms with Gasteiger partial charge in [0.25, 0.3) is 0 Å². The van der Waals surface area contributed by atoms with Crippen LogP contribution >= 0.6 is 0 Å². The molecule has 0 aromatic carbocycles. The molecule has 14 heavy (non-hydrogen) atoms. The van der Waals surface area contributed by atoms with Gasteiger partial charge in [0.15, 0.2) is 0 Å². The number of rotatable bonds is 5. The van der Waals surface area contributed by atoms with Crippen molar-refractivity contribution in [2.24, 2.45) is 17.6 Å². The summed E-state index contributed by atoms with van der Waals surface area (Å²) in [6, 6.07) is 0. The molecule has 1 aliphatic heterocycles. The molecule has 0 aromatic rings. The van der Waals surface area contributed by atoms with E-state index in [2.05, 4.69) is 32.9 Å². The monoisotopic (exact) mass is 197 g/mol. The summed E-state index contributed by atoms with van der Waals surface area (Å²) in [5, 5.41) is 0. The summed E-state index contributed by atoms with van der Waals surface area (Å²) in [5.41, 5.74) is 5.50. The van der Waals surface area contributed by atoms with Crippen LogP contribution in [0.5, 0.6) is 0 Å². The number of hydrogen-bond donors (Lipinski definition) is 1.